The first-order chi connectivity index (χ1) is 12.6. The van der Waals surface area contributed by atoms with Crippen molar-refractivity contribution in [3.8, 4) is 0 Å². The van der Waals surface area contributed by atoms with Gasteiger partial charge in [0.1, 0.15) is 5.82 Å². The number of hydrogen-bond donors (Lipinski definition) is 2. The molecule has 138 valence electrons. The molecule has 0 aliphatic carbocycles. The summed E-state index contributed by atoms with van der Waals surface area (Å²) in [6.45, 7) is 3.72. The van der Waals surface area contributed by atoms with Crippen LogP contribution in [-0.2, 0) is 24.2 Å². The zero-order valence-electron chi connectivity index (χ0n) is 15.0. The molecule has 1 amide bonds. The van der Waals surface area contributed by atoms with Gasteiger partial charge in [-0.2, -0.15) is 0 Å². The summed E-state index contributed by atoms with van der Waals surface area (Å²) in [6, 6.07) is 10.2. The molecular weight excluding hydrogens is 330 g/mol. The predicted molar refractivity (Wildman–Crippen MR) is 96.4 cm³/mol. The van der Waals surface area contributed by atoms with E-state index in [-0.39, 0.29) is 18.0 Å². The number of β-amino-alcohol motifs (C(OH)–C–C–N with tert-alkyl or cyclic N) is 1. The topological polar surface area (TPSA) is 83.3 Å². The number of aromatic nitrogens is 3. The second-order valence-corrected chi connectivity index (χ2v) is 7.31. The number of aryl methyl sites for hydroxylation is 2. The van der Waals surface area contributed by atoms with Crippen molar-refractivity contribution in [1.82, 2.24) is 25.0 Å². The van der Waals surface area contributed by atoms with E-state index < -0.39 is 6.10 Å². The molecule has 0 unspecified atom stereocenters. The molecular formula is C19H25N5O2. The summed E-state index contributed by atoms with van der Waals surface area (Å²) in [5.74, 6) is 1.88. The van der Waals surface area contributed by atoms with Crippen LogP contribution >= 0.6 is 0 Å². The van der Waals surface area contributed by atoms with Crippen LogP contribution in [0.3, 0.4) is 0 Å². The van der Waals surface area contributed by atoms with Crippen LogP contribution in [0.5, 0.6) is 0 Å². The Hall–Kier alpha value is -2.25. The average molecular weight is 355 g/mol. The Bertz CT molecular complexity index is 775. The SMILES string of the molecule is C[C@H]1CN(C(=O)[C@@H]2C[C@@H](O)CN2)Cc2nnc(CCc3ccccc3)n21. The number of benzene rings is 1. The third-order valence-electron chi connectivity index (χ3n) is 5.29. The Morgan fingerprint density at radius 2 is 2.08 bits per heavy atom. The third-order valence-corrected chi connectivity index (χ3v) is 5.29. The summed E-state index contributed by atoms with van der Waals surface area (Å²) >= 11 is 0. The number of aliphatic hydroxyl groups excluding tert-OH is 1. The van der Waals surface area contributed by atoms with E-state index in [1.807, 2.05) is 11.0 Å². The number of amides is 1. The Morgan fingerprint density at radius 3 is 2.81 bits per heavy atom. The highest BCUT2D eigenvalue weighted by Gasteiger charge is 2.35. The summed E-state index contributed by atoms with van der Waals surface area (Å²) in [6.07, 6.45) is 1.82. The van der Waals surface area contributed by atoms with Gasteiger partial charge in [-0.15, -0.1) is 10.2 Å². The Labute approximate surface area is 153 Å². The summed E-state index contributed by atoms with van der Waals surface area (Å²) < 4.78 is 2.18. The minimum Gasteiger partial charge on any atom is -0.392 e. The Kier molecular flexibility index (Phi) is 4.74. The maximum absolute atomic E-state index is 12.7. The van der Waals surface area contributed by atoms with Gasteiger partial charge in [-0.3, -0.25) is 4.79 Å². The first kappa shape index (κ1) is 17.2. The van der Waals surface area contributed by atoms with Gasteiger partial charge >= 0.3 is 0 Å². The Balaban J connectivity index is 1.45. The maximum Gasteiger partial charge on any atom is 0.240 e. The van der Waals surface area contributed by atoms with Crippen LogP contribution in [-0.4, -0.2) is 55.9 Å². The van der Waals surface area contributed by atoms with E-state index in [1.54, 1.807) is 0 Å². The van der Waals surface area contributed by atoms with Crippen molar-refractivity contribution in [2.75, 3.05) is 13.1 Å². The van der Waals surface area contributed by atoms with Crippen molar-refractivity contribution < 1.29 is 9.90 Å². The van der Waals surface area contributed by atoms with Crippen LogP contribution in [0.2, 0.25) is 0 Å². The van der Waals surface area contributed by atoms with Gasteiger partial charge in [-0.25, -0.2) is 0 Å². The lowest BCUT2D eigenvalue weighted by molar-refractivity contribution is -0.135. The van der Waals surface area contributed by atoms with Gasteiger partial charge < -0.3 is 19.9 Å². The summed E-state index contributed by atoms with van der Waals surface area (Å²) in [4.78, 5) is 14.6. The van der Waals surface area contributed by atoms with Gasteiger partial charge in [0.2, 0.25) is 5.91 Å². The van der Waals surface area contributed by atoms with E-state index in [2.05, 4.69) is 51.3 Å². The average Bonchev–Trinajstić information content (AvgIpc) is 3.26. The van der Waals surface area contributed by atoms with Crippen LogP contribution < -0.4 is 5.32 Å². The largest absolute Gasteiger partial charge is 0.392 e. The molecule has 0 bridgehead atoms. The molecule has 1 aromatic carbocycles. The van der Waals surface area contributed by atoms with Crippen LogP contribution in [0.15, 0.2) is 30.3 Å². The molecule has 1 aromatic heterocycles. The molecule has 26 heavy (non-hydrogen) atoms. The quantitative estimate of drug-likeness (QED) is 0.843. The highest BCUT2D eigenvalue weighted by molar-refractivity contribution is 5.82. The van der Waals surface area contributed by atoms with E-state index >= 15 is 0 Å². The minimum absolute atomic E-state index is 0.0495. The van der Waals surface area contributed by atoms with Crippen molar-refractivity contribution in [3.05, 3.63) is 47.5 Å². The molecule has 4 rings (SSSR count). The molecule has 0 spiro atoms. The lowest BCUT2D eigenvalue weighted by Crippen LogP contribution is -2.48. The number of rotatable bonds is 4. The second kappa shape index (κ2) is 7.17. The van der Waals surface area contributed by atoms with E-state index in [1.165, 1.54) is 5.56 Å². The minimum atomic E-state index is -0.431. The molecule has 1 fully saturated rings. The molecule has 0 radical (unpaired) electrons. The first-order valence-electron chi connectivity index (χ1n) is 9.28. The van der Waals surface area contributed by atoms with Crippen molar-refractivity contribution in [3.63, 3.8) is 0 Å². The number of nitrogens with zero attached hydrogens (tertiary/aromatic N) is 4. The standard InChI is InChI=1S/C19H25N5O2/c1-13-11-23(19(26)16-9-15(25)10-20-16)12-18-22-21-17(24(13)18)8-7-14-5-3-2-4-6-14/h2-6,13,15-16,20,25H,7-12H2,1H3/t13-,15+,16-/m0/s1. The lowest BCUT2D eigenvalue weighted by atomic mass is 10.1. The molecule has 2 N–H and O–H groups in total. The summed E-state index contributed by atoms with van der Waals surface area (Å²) in [5.41, 5.74) is 1.29. The number of aliphatic hydroxyl groups is 1. The molecule has 7 nitrogen and oxygen atoms in total. The van der Waals surface area contributed by atoms with Crippen LogP contribution in [0, 0.1) is 0 Å². The van der Waals surface area contributed by atoms with E-state index in [0.717, 1.165) is 24.5 Å². The fourth-order valence-corrected chi connectivity index (χ4v) is 3.98. The Morgan fingerprint density at radius 1 is 1.27 bits per heavy atom. The van der Waals surface area contributed by atoms with Gasteiger partial charge in [0, 0.05) is 19.5 Å². The zero-order valence-corrected chi connectivity index (χ0v) is 15.0. The van der Waals surface area contributed by atoms with Crippen molar-refractivity contribution in [2.45, 2.75) is 50.9 Å². The molecule has 7 heteroatoms. The van der Waals surface area contributed by atoms with E-state index in [9.17, 15) is 9.90 Å². The summed E-state index contributed by atoms with van der Waals surface area (Å²) in [7, 11) is 0. The maximum atomic E-state index is 12.7. The van der Waals surface area contributed by atoms with Crippen molar-refractivity contribution in [2.24, 2.45) is 0 Å². The monoisotopic (exact) mass is 355 g/mol. The number of nitrogens with one attached hydrogen (secondary N) is 1. The van der Waals surface area contributed by atoms with Gasteiger partial charge in [-0.1, -0.05) is 30.3 Å². The van der Waals surface area contributed by atoms with Gasteiger partial charge in [0.05, 0.1) is 24.7 Å². The number of fused-ring (bicyclic) bond motifs is 1. The molecule has 0 saturated carbocycles. The van der Waals surface area contributed by atoms with Crippen molar-refractivity contribution in [1.29, 1.82) is 0 Å². The van der Waals surface area contributed by atoms with Crippen LogP contribution in [0.25, 0.3) is 0 Å². The molecule has 3 atom stereocenters. The normalized spacial score (nSPS) is 25.3. The molecule has 2 aliphatic rings. The fraction of sp³-hybridized carbons (Fsp3) is 0.526. The van der Waals surface area contributed by atoms with E-state index in [0.29, 0.717) is 26.1 Å². The third kappa shape index (κ3) is 3.37. The molecule has 2 aromatic rings. The van der Waals surface area contributed by atoms with Gasteiger partial charge in [-0.05, 0) is 25.3 Å². The number of carbonyl (C=O) groups is 1. The molecule has 2 aliphatic heterocycles. The first-order valence-corrected chi connectivity index (χ1v) is 9.28. The predicted octanol–water partition coefficient (Wildman–Crippen LogP) is 0.689. The lowest BCUT2D eigenvalue weighted by Gasteiger charge is -2.34. The number of hydrogen-bond acceptors (Lipinski definition) is 5. The molecule has 3 heterocycles. The zero-order chi connectivity index (χ0) is 18.1. The van der Waals surface area contributed by atoms with Gasteiger partial charge in [0.15, 0.2) is 5.82 Å². The van der Waals surface area contributed by atoms with Crippen LogP contribution in [0.1, 0.15) is 36.6 Å². The van der Waals surface area contributed by atoms with E-state index in [4.69, 9.17) is 0 Å². The molecule has 1 saturated heterocycles. The summed E-state index contributed by atoms with van der Waals surface area (Å²) in [5, 5.41) is 21.5. The highest BCUT2D eigenvalue weighted by atomic mass is 16.3. The second-order valence-electron chi connectivity index (χ2n) is 7.31. The highest BCUT2D eigenvalue weighted by Crippen LogP contribution is 2.24. The smallest absolute Gasteiger partial charge is 0.240 e. The number of carbonyl (C=O) groups excluding carboxylic acids is 1. The van der Waals surface area contributed by atoms with Crippen LogP contribution in [0.4, 0.5) is 0 Å². The van der Waals surface area contributed by atoms with Crippen molar-refractivity contribution >= 4 is 5.91 Å². The fourth-order valence-electron chi connectivity index (χ4n) is 3.98. The van der Waals surface area contributed by atoms with Gasteiger partial charge in [0.25, 0.3) is 0 Å².